The minimum absolute atomic E-state index is 0.684. The van der Waals surface area contributed by atoms with Crippen LogP contribution in [0.25, 0.3) is 0 Å². The molecule has 0 spiro atoms. The van der Waals surface area contributed by atoms with Crippen molar-refractivity contribution in [2.24, 2.45) is 13.0 Å². The summed E-state index contributed by atoms with van der Waals surface area (Å²) < 4.78 is 2.10. The van der Waals surface area contributed by atoms with Gasteiger partial charge in [-0.1, -0.05) is 6.42 Å². The van der Waals surface area contributed by atoms with Gasteiger partial charge >= 0.3 is 0 Å². The van der Waals surface area contributed by atoms with E-state index in [4.69, 9.17) is 0 Å². The summed E-state index contributed by atoms with van der Waals surface area (Å²) in [7, 11) is 2.07. The van der Waals surface area contributed by atoms with Gasteiger partial charge in [0.1, 0.15) is 0 Å². The standard InChI is InChI=1S/C12H20N2/c1-10(12-4-3-5-12)13-8-11-6-7-14(2)9-11/h6-7,9-10,12-13H,3-5,8H2,1-2H3. The first-order valence-corrected chi connectivity index (χ1v) is 5.60. The Morgan fingerprint density at radius 3 is 2.86 bits per heavy atom. The van der Waals surface area contributed by atoms with Crippen LogP contribution in [0.5, 0.6) is 0 Å². The molecule has 0 aliphatic heterocycles. The van der Waals surface area contributed by atoms with Gasteiger partial charge in [-0.25, -0.2) is 0 Å². The van der Waals surface area contributed by atoms with Crippen LogP contribution in [-0.4, -0.2) is 10.6 Å². The summed E-state index contributed by atoms with van der Waals surface area (Å²) in [5.41, 5.74) is 1.39. The van der Waals surface area contributed by atoms with Crippen LogP contribution in [0, 0.1) is 5.92 Å². The minimum atomic E-state index is 0.684. The molecule has 1 aliphatic carbocycles. The normalized spacial score (nSPS) is 19.3. The Morgan fingerprint density at radius 1 is 1.57 bits per heavy atom. The molecule has 1 unspecified atom stereocenters. The van der Waals surface area contributed by atoms with E-state index in [-0.39, 0.29) is 0 Å². The summed E-state index contributed by atoms with van der Waals surface area (Å²) in [4.78, 5) is 0. The molecule has 1 atom stereocenters. The zero-order chi connectivity index (χ0) is 9.97. The lowest BCUT2D eigenvalue weighted by atomic mass is 9.80. The summed E-state index contributed by atoms with van der Waals surface area (Å²) in [6.07, 6.45) is 8.56. The molecular weight excluding hydrogens is 172 g/mol. The van der Waals surface area contributed by atoms with Gasteiger partial charge < -0.3 is 9.88 Å². The number of nitrogens with zero attached hydrogens (tertiary/aromatic N) is 1. The quantitative estimate of drug-likeness (QED) is 0.774. The van der Waals surface area contributed by atoms with Gasteiger partial charge in [0.2, 0.25) is 0 Å². The summed E-state index contributed by atoms with van der Waals surface area (Å²) in [6.45, 7) is 3.32. The molecule has 1 N–H and O–H groups in total. The molecule has 0 radical (unpaired) electrons. The van der Waals surface area contributed by atoms with Crippen LogP contribution in [0.4, 0.5) is 0 Å². The highest BCUT2D eigenvalue weighted by Crippen LogP contribution is 2.29. The molecule has 1 aromatic rings. The first-order valence-electron chi connectivity index (χ1n) is 5.60. The Hall–Kier alpha value is -0.760. The maximum absolute atomic E-state index is 3.60. The zero-order valence-corrected chi connectivity index (χ0v) is 9.16. The molecule has 2 nitrogen and oxygen atoms in total. The van der Waals surface area contributed by atoms with Gasteiger partial charge in [0.25, 0.3) is 0 Å². The molecule has 2 heteroatoms. The lowest BCUT2D eigenvalue weighted by molar-refractivity contribution is 0.240. The van der Waals surface area contributed by atoms with Crippen molar-refractivity contribution in [1.29, 1.82) is 0 Å². The van der Waals surface area contributed by atoms with Gasteiger partial charge in [-0.2, -0.15) is 0 Å². The van der Waals surface area contributed by atoms with Gasteiger partial charge in [0, 0.05) is 32.0 Å². The topological polar surface area (TPSA) is 17.0 Å². The number of rotatable bonds is 4. The number of aryl methyl sites for hydroxylation is 1. The third kappa shape index (κ3) is 2.18. The molecule has 1 saturated carbocycles. The van der Waals surface area contributed by atoms with E-state index in [0.29, 0.717) is 6.04 Å². The highest BCUT2D eigenvalue weighted by molar-refractivity contribution is 5.09. The Bertz CT molecular complexity index is 286. The van der Waals surface area contributed by atoms with E-state index in [1.807, 2.05) is 0 Å². The predicted molar refractivity (Wildman–Crippen MR) is 59.1 cm³/mol. The average Bonchev–Trinajstić information content (AvgIpc) is 2.45. The van der Waals surface area contributed by atoms with Crippen LogP contribution in [0.15, 0.2) is 18.5 Å². The van der Waals surface area contributed by atoms with E-state index in [9.17, 15) is 0 Å². The van der Waals surface area contributed by atoms with E-state index >= 15 is 0 Å². The van der Waals surface area contributed by atoms with Gasteiger partial charge in [-0.15, -0.1) is 0 Å². The average molecular weight is 192 g/mol. The molecule has 0 aromatic carbocycles. The van der Waals surface area contributed by atoms with E-state index in [1.165, 1.54) is 24.8 Å². The molecule has 78 valence electrons. The van der Waals surface area contributed by atoms with Crippen molar-refractivity contribution in [3.05, 3.63) is 24.0 Å². The number of hydrogen-bond donors (Lipinski definition) is 1. The van der Waals surface area contributed by atoms with Crippen LogP contribution in [0.1, 0.15) is 31.7 Å². The van der Waals surface area contributed by atoms with Gasteiger partial charge in [-0.05, 0) is 37.3 Å². The maximum atomic E-state index is 3.60. The van der Waals surface area contributed by atoms with E-state index in [1.54, 1.807) is 0 Å². The molecule has 0 amide bonds. The Kier molecular flexibility index (Phi) is 2.92. The molecule has 0 saturated heterocycles. The van der Waals surface area contributed by atoms with E-state index in [2.05, 4.69) is 42.3 Å². The van der Waals surface area contributed by atoms with E-state index in [0.717, 1.165) is 12.5 Å². The van der Waals surface area contributed by atoms with Crippen molar-refractivity contribution in [3.8, 4) is 0 Å². The van der Waals surface area contributed by atoms with Crippen molar-refractivity contribution < 1.29 is 0 Å². The maximum Gasteiger partial charge on any atom is 0.0223 e. The molecule has 0 bridgehead atoms. The van der Waals surface area contributed by atoms with Crippen LogP contribution in [-0.2, 0) is 13.6 Å². The number of nitrogens with one attached hydrogen (secondary N) is 1. The molecule has 2 rings (SSSR count). The fourth-order valence-electron chi connectivity index (χ4n) is 2.05. The van der Waals surface area contributed by atoms with Crippen LogP contribution in [0.2, 0.25) is 0 Å². The van der Waals surface area contributed by atoms with Gasteiger partial charge in [0.15, 0.2) is 0 Å². The van der Waals surface area contributed by atoms with Crippen LogP contribution in [0.3, 0.4) is 0 Å². The van der Waals surface area contributed by atoms with Crippen molar-refractivity contribution in [3.63, 3.8) is 0 Å². The third-order valence-corrected chi connectivity index (χ3v) is 3.38. The highest BCUT2D eigenvalue weighted by atomic mass is 14.9. The molecule has 1 aliphatic rings. The molecular formula is C12H20N2. The lowest BCUT2D eigenvalue weighted by Crippen LogP contribution is -2.36. The second-order valence-corrected chi connectivity index (χ2v) is 4.55. The van der Waals surface area contributed by atoms with Crippen LogP contribution >= 0.6 is 0 Å². The Labute approximate surface area is 86.3 Å². The fraction of sp³-hybridized carbons (Fsp3) is 0.667. The highest BCUT2D eigenvalue weighted by Gasteiger charge is 2.23. The first kappa shape index (κ1) is 9.78. The summed E-state index contributed by atoms with van der Waals surface area (Å²) in [5.74, 6) is 0.929. The first-order chi connectivity index (χ1) is 6.75. The minimum Gasteiger partial charge on any atom is -0.357 e. The molecule has 1 aromatic heterocycles. The third-order valence-electron chi connectivity index (χ3n) is 3.38. The number of aromatic nitrogens is 1. The largest absolute Gasteiger partial charge is 0.357 e. The second-order valence-electron chi connectivity index (χ2n) is 4.55. The summed E-state index contributed by atoms with van der Waals surface area (Å²) in [5, 5.41) is 3.60. The smallest absolute Gasteiger partial charge is 0.0223 e. The molecule has 1 heterocycles. The summed E-state index contributed by atoms with van der Waals surface area (Å²) in [6, 6.07) is 2.87. The van der Waals surface area contributed by atoms with Crippen LogP contribution < -0.4 is 5.32 Å². The SMILES string of the molecule is CC(NCc1ccn(C)c1)C1CCC1. The van der Waals surface area contributed by atoms with E-state index < -0.39 is 0 Å². The molecule has 14 heavy (non-hydrogen) atoms. The second kappa shape index (κ2) is 4.18. The Balaban J connectivity index is 1.76. The molecule has 1 fully saturated rings. The monoisotopic (exact) mass is 192 g/mol. The zero-order valence-electron chi connectivity index (χ0n) is 9.16. The van der Waals surface area contributed by atoms with Gasteiger partial charge in [0.05, 0.1) is 0 Å². The number of hydrogen-bond acceptors (Lipinski definition) is 1. The van der Waals surface area contributed by atoms with Gasteiger partial charge in [-0.3, -0.25) is 0 Å². The van der Waals surface area contributed by atoms with Crippen molar-refractivity contribution in [1.82, 2.24) is 9.88 Å². The fourth-order valence-corrected chi connectivity index (χ4v) is 2.05. The predicted octanol–water partition coefficient (Wildman–Crippen LogP) is 2.30. The Morgan fingerprint density at radius 2 is 2.36 bits per heavy atom. The van der Waals surface area contributed by atoms with Crippen molar-refractivity contribution >= 4 is 0 Å². The summed E-state index contributed by atoms with van der Waals surface area (Å²) >= 11 is 0. The lowest BCUT2D eigenvalue weighted by Gasteiger charge is -2.32. The van der Waals surface area contributed by atoms with Crippen molar-refractivity contribution in [2.75, 3.05) is 0 Å². The van der Waals surface area contributed by atoms with Crippen molar-refractivity contribution in [2.45, 2.75) is 38.8 Å².